The van der Waals surface area contributed by atoms with Crippen molar-refractivity contribution in [3.8, 4) is 0 Å². The highest BCUT2D eigenvalue weighted by atomic mass is 32.2. The van der Waals surface area contributed by atoms with Gasteiger partial charge in [0.2, 0.25) is 0 Å². The lowest BCUT2D eigenvalue weighted by molar-refractivity contribution is 0.939. The van der Waals surface area contributed by atoms with E-state index in [0.717, 1.165) is 28.0 Å². The van der Waals surface area contributed by atoms with E-state index in [9.17, 15) is 0 Å². The summed E-state index contributed by atoms with van der Waals surface area (Å²) in [5.74, 6) is 1.24. The van der Waals surface area contributed by atoms with Gasteiger partial charge in [-0.05, 0) is 19.1 Å². The maximum absolute atomic E-state index is 5.72. The quantitative estimate of drug-likeness (QED) is 0.590. The van der Waals surface area contributed by atoms with Gasteiger partial charge in [0.15, 0.2) is 5.16 Å². The summed E-state index contributed by atoms with van der Waals surface area (Å²) in [4.78, 5) is 13.2. The molecule has 100 valence electrons. The average Bonchev–Trinajstić information content (AvgIpc) is 2.44. The van der Waals surface area contributed by atoms with E-state index < -0.39 is 0 Å². The topological polar surface area (TPSA) is 64.7 Å². The normalized spacial score (nSPS) is 10.8. The molecule has 2 heterocycles. The van der Waals surface area contributed by atoms with Gasteiger partial charge in [-0.3, -0.25) is 4.98 Å². The fraction of sp³-hybridized carbons (Fsp3) is 0.133. The van der Waals surface area contributed by atoms with E-state index in [2.05, 4.69) is 27.1 Å². The molecule has 3 aromatic rings. The van der Waals surface area contributed by atoms with Crippen LogP contribution in [0.2, 0.25) is 0 Å². The smallest absolute Gasteiger partial charge is 0.190 e. The van der Waals surface area contributed by atoms with Crippen LogP contribution in [0.25, 0.3) is 10.9 Å². The molecule has 0 radical (unpaired) electrons. The number of thioether (sulfide) groups is 1. The van der Waals surface area contributed by atoms with Gasteiger partial charge < -0.3 is 5.73 Å². The van der Waals surface area contributed by atoms with Crippen LogP contribution in [-0.2, 0) is 5.75 Å². The Kier molecular flexibility index (Phi) is 3.52. The maximum atomic E-state index is 5.72. The van der Waals surface area contributed by atoms with Crippen molar-refractivity contribution in [1.82, 2.24) is 15.0 Å². The number of para-hydroxylation sites is 1. The fourth-order valence-corrected chi connectivity index (χ4v) is 2.77. The molecule has 0 saturated heterocycles. The summed E-state index contributed by atoms with van der Waals surface area (Å²) in [6, 6.07) is 14.0. The third-order valence-electron chi connectivity index (χ3n) is 2.86. The van der Waals surface area contributed by atoms with Crippen molar-refractivity contribution in [1.29, 1.82) is 0 Å². The fourth-order valence-electron chi connectivity index (χ4n) is 1.96. The molecule has 2 N–H and O–H groups in total. The minimum absolute atomic E-state index is 0.506. The lowest BCUT2D eigenvalue weighted by Crippen LogP contribution is -1.97. The van der Waals surface area contributed by atoms with Crippen LogP contribution in [0.5, 0.6) is 0 Å². The molecular weight excluding hydrogens is 268 g/mol. The lowest BCUT2D eigenvalue weighted by atomic mass is 10.2. The molecule has 1 aromatic carbocycles. The van der Waals surface area contributed by atoms with Gasteiger partial charge in [-0.15, -0.1) is 0 Å². The van der Waals surface area contributed by atoms with Gasteiger partial charge in [0.05, 0.1) is 11.2 Å². The number of nitrogens with zero attached hydrogens (tertiary/aromatic N) is 3. The van der Waals surface area contributed by atoms with Gasteiger partial charge in [0.1, 0.15) is 5.82 Å². The Morgan fingerprint density at radius 2 is 1.90 bits per heavy atom. The van der Waals surface area contributed by atoms with Crippen molar-refractivity contribution in [3.63, 3.8) is 0 Å². The minimum atomic E-state index is 0.506. The Hall–Kier alpha value is -2.14. The number of hydrogen-bond donors (Lipinski definition) is 1. The molecule has 4 nitrogen and oxygen atoms in total. The van der Waals surface area contributed by atoms with Crippen molar-refractivity contribution in [2.24, 2.45) is 0 Å². The molecule has 0 aliphatic heterocycles. The van der Waals surface area contributed by atoms with Crippen LogP contribution in [0.3, 0.4) is 0 Å². The number of aromatic nitrogens is 3. The van der Waals surface area contributed by atoms with Gasteiger partial charge >= 0.3 is 0 Å². The van der Waals surface area contributed by atoms with E-state index >= 15 is 0 Å². The first-order chi connectivity index (χ1) is 9.70. The van der Waals surface area contributed by atoms with Gasteiger partial charge in [-0.25, -0.2) is 9.97 Å². The summed E-state index contributed by atoms with van der Waals surface area (Å²) < 4.78 is 0. The van der Waals surface area contributed by atoms with Gasteiger partial charge in [0, 0.05) is 22.9 Å². The van der Waals surface area contributed by atoms with Crippen molar-refractivity contribution in [2.75, 3.05) is 5.73 Å². The highest BCUT2D eigenvalue weighted by molar-refractivity contribution is 7.98. The van der Waals surface area contributed by atoms with Crippen LogP contribution in [0, 0.1) is 6.92 Å². The Morgan fingerprint density at radius 1 is 1.05 bits per heavy atom. The van der Waals surface area contributed by atoms with Gasteiger partial charge in [-0.2, -0.15) is 0 Å². The lowest BCUT2D eigenvalue weighted by Gasteiger charge is -2.04. The van der Waals surface area contributed by atoms with E-state index in [1.54, 1.807) is 17.8 Å². The Balaban J connectivity index is 1.79. The molecule has 0 aliphatic rings. The molecular formula is C15H14N4S. The van der Waals surface area contributed by atoms with E-state index in [0.29, 0.717) is 11.0 Å². The largest absolute Gasteiger partial charge is 0.384 e. The Morgan fingerprint density at radius 3 is 2.75 bits per heavy atom. The van der Waals surface area contributed by atoms with Crippen LogP contribution in [0.1, 0.15) is 11.4 Å². The predicted molar refractivity (Wildman–Crippen MR) is 82.5 cm³/mol. The zero-order chi connectivity index (χ0) is 13.9. The summed E-state index contributed by atoms with van der Waals surface area (Å²) in [6.45, 7) is 1.91. The first-order valence-corrected chi connectivity index (χ1v) is 7.28. The van der Waals surface area contributed by atoms with Crippen LogP contribution in [0.4, 0.5) is 5.82 Å². The highest BCUT2D eigenvalue weighted by Crippen LogP contribution is 2.21. The van der Waals surface area contributed by atoms with Crippen LogP contribution < -0.4 is 5.73 Å². The molecule has 0 saturated carbocycles. The third kappa shape index (κ3) is 2.88. The number of rotatable bonds is 3. The van der Waals surface area contributed by atoms with Crippen LogP contribution in [0.15, 0.2) is 47.6 Å². The van der Waals surface area contributed by atoms with Crippen molar-refractivity contribution < 1.29 is 0 Å². The molecule has 0 fully saturated rings. The highest BCUT2D eigenvalue weighted by Gasteiger charge is 2.03. The maximum Gasteiger partial charge on any atom is 0.190 e. The third-order valence-corrected chi connectivity index (χ3v) is 3.74. The second kappa shape index (κ2) is 5.46. The number of anilines is 1. The number of hydrogen-bond acceptors (Lipinski definition) is 5. The van der Waals surface area contributed by atoms with Gasteiger partial charge in [-0.1, -0.05) is 36.0 Å². The first kappa shape index (κ1) is 12.9. The van der Waals surface area contributed by atoms with Crippen LogP contribution in [-0.4, -0.2) is 15.0 Å². The van der Waals surface area contributed by atoms with Crippen LogP contribution >= 0.6 is 11.8 Å². The van der Waals surface area contributed by atoms with Crippen molar-refractivity contribution >= 4 is 28.5 Å². The number of fused-ring (bicyclic) bond motifs is 1. The first-order valence-electron chi connectivity index (χ1n) is 6.29. The number of nitrogen functional groups attached to an aromatic ring is 1. The zero-order valence-electron chi connectivity index (χ0n) is 11.1. The van der Waals surface area contributed by atoms with E-state index in [4.69, 9.17) is 5.73 Å². The number of nitrogens with two attached hydrogens (primary N) is 1. The molecule has 0 unspecified atom stereocenters. The SMILES string of the molecule is Cc1cc(N)nc(SCc2ccc3ccccc3n2)n1. The molecule has 0 spiro atoms. The molecule has 0 atom stereocenters. The molecule has 0 amide bonds. The number of benzene rings is 1. The standard InChI is InChI=1S/C15H14N4S/c1-10-8-14(16)19-15(17-10)20-9-12-7-6-11-4-2-3-5-13(11)18-12/h2-8H,9H2,1H3,(H2,16,17,19). The van der Waals surface area contributed by atoms with E-state index in [1.807, 2.05) is 31.2 Å². The molecule has 0 aliphatic carbocycles. The zero-order valence-corrected chi connectivity index (χ0v) is 11.9. The van der Waals surface area contributed by atoms with E-state index in [1.165, 1.54) is 0 Å². The molecule has 5 heteroatoms. The molecule has 2 aromatic heterocycles. The monoisotopic (exact) mass is 282 g/mol. The summed E-state index contributed by atoms with van der Waals surface area (Å²) in [7, 11) is 0. The van der Waals surface area contributed by atoms with Crippen molar-refractivity contribution in [2.45, 2.75) is 17.8 Å². The summed E-state index contributed by atoms with van der Waals surface area (Å²) in [5, 5.41) is 1.84. The molecule has 0 bridgehead atoms. The second-order valence-electron chi connectivity index (χ2n) is 4.50. The summed E-state index contributed by atoms with van der Waals surface area (Å²) in [5.41, 5.74) is 8.62. The van der Waals surface area contributed by atoms with Crippen molar-refractivity contribution in [3.05, 3.63) is 53.9 Å². The molecule has 20 heavy (non-hydrogen) atoms. The second-order valence-corrected chi connectivity index (χ2v) is 5.44. The summed E-state index contributed by atoms with van der Waals surface area (Å²) >= 11 is 1.55. The minimum Gasteiger partial charge on any atom is -0.384 e. The predicted octanol–water partition coefficient (Wildman–Crippen LogP) is 3.21. The Labute approximate surface area is 121 Å². The van der Waals surface area contributed by atoms with Gasteiger partial charge in [0.25, 0.3) is 0 Å². The average molecular weight is 282 g/mol. The molecule has 3 rings (SSSR count). The van der Waals surface area contributed by atoms with E-state index in [-0.39, 0.29) is 0 Å². The Bertz CT molecular complexity index is 737. The number of pyridine rings is 1. The summed E-state index contributed by atoms with van der Waals surface area (Å²) in [6.07, 6.45) is 0. The number of aryl methyl sites for hydroxylation is 1.